The lowest BCUT2D eigenvalue weighted by atomic mass is 10.1. The van der Waals surface area contributed by atoms with E-state index in [4.69, 9.17) is 4.42 Å². The highest BCUT2D eigenvalue weighted by atomic mass is 127. The summed E-state index contributed by atoms with van der Waals surface area (Å²) in [6.07, 6.45) is 3.51. The van der Waals surface area contributed by atoms with Crippen LogP contribution in [-0.2, 0) is 6.54 Å². The highest BCUT2D eigenvalue weighted by molar-refractivity contribution is 14.1. The SMILES string of the molecule is Cc1oc2ncnc(NC3(C)CC3)c2c1C(=O)N(I)Cc1ccc(P)cc1F. The molecule has 1 saturated carbocycles. The van der Waals surface area contributed by atoms with Gasteiger partial charge in [0.1, 0.15) is 23.7 Å². The first-order chi connectivity index (χ1) is 13.3. The van der Waals surface area contributed by atoms with Crippen molar-refractivity contribution in [1.82, 2.24) is 13.1 Å². The van der Waals surface area contributed by atoms with Crippen LogP contribution in [0.2, 0.25) is 0 Å². The molecule has 146 valence electrons. The Kier molecular flexibility index (Phi) is 5.03. The number of hydrogen-bond donors (Lipinski definition) is 1. The summed E-state index contributed by atoms with van der Waals surface area (Å²) >= 11 is 1.91. The normalized spacial score (nSPS) is 14.9. The van der Waals surface area contributed by atoms with Crippen molar-refractivity contribution < 1.29 is 13.6 Å². The predicted octanol–water partition coefficient (Wildman–Crippen LogP) is 4.13. The largest absolute Gasteiger partial charge is 0.442 e. The van der Waals surface area contributed by atoms with Crippen LogP contribution in [0.3, 0.4) is 0 Å². The van der Waals surface area contributed by atoms with E-state index in [1.807, 2.05) is 22.9 Å². The summed E-state index contributed by atoms with van der Waals surface area (Å²) in [6, 6.07) is 4.91. The third-order valence-electron chi connectivity index (χ3n) is 4.91. The van der Waals surface area contributed by atoms with Gasteiger partial charge in [-0.3, -0.25) is 7.91 Å². The molecule has 4 rings (SSSR count). The van der Waals surface area contributed by atoms with Gasteiger partial charge in [0.2, 0.25) is 5.71 Å². The van der Waals surface area contributed by atoms with Crippen molar-refractivity contribution in [3.8, 4) is 0 Å². The van der Waals surface area contributed by atoms with E-state index < -0.39 is 0 Å². The first-order valence-electron chi connectivity index (χ1n) is 8.81. The first kappa shape index (κ1) is 19.5. The van der Waals surface area contributed by atoms with E-state index in [1.54, 1.807) is 19.1 Å². The van der Waals surface area contributed by atoms with Crippen LogP contribution in [0.25, 0.3) is 11.1 Å². The van der Waals surface area contributed by atoms with Crippen LogP contribution in [0, 0.1) is 12.7 Å². The van der Waals surface area contributed by atoms with Crippen LogP contribution in [0.15, 0.2) is 28.9 Å². The third kappa shape index (κ3) is 3.72. The van der Waals surface area contributed by atoms with Crippen molar-refractivity contribution in [2.24, 2.45) is 0 Å². The molecule has 9 heteroatoms. The Balaban J connectivity index is 1.69. The molecule has 0 saturated heterocycles. The van der Waals surface area contributed by atoms with Gasteiger partial charge in [0.25, 0.3) is 5.91 Å². The smallest absolute Gasteiger partial charge is 0.267 e. The van der Waals surface area contributed by atoms with Gasteiger partial charge in [0, 0.05) is 11.1 Å². The second-order valence-electron chi connectivity index (χ2n) is 7.30. The van der Waals surface area contributed by atoms with Crippen molar-refractivity contribution in [2.75, 3.05) is 5.32 Å². The average Bonchev–Trinajstić information content (AvgIpc) is 3.25. The van der Waals surface area contributed by atoms with E-state index in [0.717, 1.165) is 18.1 Å². The van der Waals surface area contributed by atoms with Crippen molar-refractivity contribution in [3.05, 3.63) is 47.2 Å². The van der Waals surface area contributed by atoms with Crippen LogP contribution >= 0.6 is 32.1 Å². The maximum atomic E-state index is 14.2. The fourth-order valence-electron chi connectivity index (χ4n) is 3.03. The molecule has 1 amide bonds. The standard InChI is InChI=1S/C19H19FIN4O2P/c1-10-14(18(26)25(21)8-11-3-4-12(28)7-13(11)20)15-16(24-19(2)5-6-19)22-9-23-17(15)27-10/h3-4,7,9H,5-6,8,28H2,1-2H3,(H,22,23,24). The van der Waals surface area contributed by atoms with Crippen LogP contribution in [0.1, 0.15) is 41.4 Å². The van der Waals surface area contributed by atoms with Gasteiger partial charge in [-0.2, -0.15) is 0 Å². The van der Waals surface area contributed by atoms with Gasteiger partial charge < -0.3 is 9.73 Å². The highest BCUT2D eigenvalue weighted by Gasteiger charge is 2.38. The number of rotatable bonds is 5. The van der Waals surface area contributed by atoms with Gasteiger partial charge in [-0.05, 0) is 38.1 Å². The van der Waals surface area contributed by atoms with E-state index in [-0.39, 0.29) is 23.8 Å². The fraction of sp³-hybridized carbons (Fsp3) is 0.316. The van der Waals surface area contributed by atoms with Crippen LogP contribution in [0.5, 0.6) is 0 Å². The maximum absolute atomic E-state index is 14.2. The summed E-state index contributed by atoms with van der Waals surface area (Å²) in [4.78, 5) is 21.7. The molecule has 28 heavy (non-hydrogen) atoms. The van der Waals surface area contributed by atoms with Gasteiger partial charge in [0.05, 0.1) is 40.4 Å². The second-order valence-corrected chi connectivity index (χ2v) is 9.13. The molecule has 3 aromatic rings. The number of amides is 1. The first-order valence-corrected chi connectivity index (χ1v) is 10.4. The number of benzene rings is 1. The number of anilines is 1. The van der Waals surface area contributed by atoms with Gasteiger partial charge >= 0.3 is 0 Å². The summed E-state index contributed by atoms with van der Waals surface area (Å²) < 4.78 is 21.4. The van der Waals surface area contributed by atoms with Crippen molar-refractivity contribution >= 4 is 60.2 Å². The molecule has 2 aromatic heterocycles. The van der Waals surface area contributed by atoms with Crippen LogP contribution < -0.4 is 10.6 Å². The number of nitrogens with one attached hydrogen (secondary N) is 1. The number of carbonyl (C=O) groups is 1. The predicted molar refractivity (Wildman–Crippen MR) is 117 cm³/mol. The lowest BCUT2D eigenvalue weighted by Crippen LogP contribution is -2.23. The average molecular weight is 512 g/mol. The molecule has 2 heterocycles. The van der Waals surface area contributed by atoms with Crippen molar-refractivity contribution in [3.63, 3.8) is 0 Å². The Morgan fingerprint density at radius 2 is 2.18 bits per heavy atom. The lowest BCUT2D eigenvalue weighted by molar-refractivity contribution is 0.0882. The number of aromatic nitrogens is 2. The molecule has 1 aromatic carbocycles. The molecular weight excluding hydrogens is 493 g/mol. The van der Waals surface area contributed by atoms with E-state index >= 15 is 0 Å². The van der Waals surface area contributed by atoms with Gasteiger partial charge in [-0.15, -0.1) is 9.24 Å². The van der Waals surface area contributed by atoms with Gasteiger partial charge in [-0.1, -0.05) is 12.1 Å². The number of fused-ring (bicyclic) bond motifs is 1. The minimum Gasteiger partial charge on any atom is -0.442 e. The summed E-state index contributed by atoms with van der Waals surface area (Å²) in [6.45, 7) is 3.97. The molecular formula is C19H19FIN4O2P. The van der Waals surface area contributed by atoms with E-state index in [1.165, 1.54) is 15.5 Å². The molecule has 1 N–H and O–H groups in total. The Bertz CT molecular complexity index is 1080. The monoisotopic (exact) mass is 512 g/mol. The molecule has 0 bridgehead atoms. The van der Waals surface area contributed by atoms with E-state index in [2.05, 4.69) is 31.4 Å². The molecule has 0 aliphatic heterocycles. The topological polar surface area (TPSA) is 71.3 Å². The summed E-state index contributed by atoms with van der Waals surface area (Å²) in [5.41, 5.74) is 1.20. The minimum absolute atomic E-state index is 0.0141. The van der Waals surface area contributed by atoms with Crippen molar-refractivity contribution in [2.45, 2.75) is 38.8 Å². The molecule has 1 atom stereocenters. The van der Waals surface area contributed by atoms with Crippen LogP contribution in [-0.4, -0.2) is 24.5 Å². The lowest BCUT2D eigenvalue weighted by Gasteiger charge is -2.17. The Hall–Kier alpha value is -1.80. The number of hydrogen-bond acceptors (Lipinski definition) is 5. The summed E-state index contributed by atoms with van der Waals surface area (Å²) in [7, 11) is 2.46. The Morgan fingerprint density at radius 1 is 1.43 bits per heavy atom. The number of aryl methyl sites for hydroxylation is 1. The highest BCUT2D eigenvalue weighted by Crippen LogP contribution is 2.40. The van der Waals surface area contributed by atoms with Gasteiger partial charge in [0.15, 0.2) is 0 Å². The minimum atomic E-state index is -0.344. The van der Waals surface area contributed by atoms with Crippen LogP contribution in [0.4, 0.5) is 10.2 Å². The van der Waals surface area contributed by atoms with Crippen molar-refractivity contribution in [1.29, 1.82) is 0 Å². The Labute approximate surface area is 178 Å². The fourth-order valence-corrected chi connectivity index (χ4v) is 3.88. The number of furan rings is 1. The molecule has 0 radical (unpaired) electrons. The molecule has 0 spiro atoms. The van der Waals surface area contributed by atoms with Gasteiger partial charge in [-0.25, -0.2) is 14.4 Å². The molecule has 1 aliphatic carbocycles. The quantitative estimate of drug-likeness (QED) is 0.317. The van der Waals surface area contributed by atoms with E-state index in [9.17, 15) is 9.18 Å². The summed E-state index contributed by atoms with van der Waals surface area (Å²) in [5, 5.41) is 4.73. The number of halogens is 2. The summed E-state index contributed by atoms with van der Waals surface area (Å²) in [5.74, 6) is 0.438. The molecule has 1 fully saturated rings. The molecule has 6 nitrogen and oxygen atoms in total. The molecule has 1 aliphatic rings. The Morgan fingerprint density at radius 3 is 2.86 bits per heavy atom. The van der Waals surface area contributed by atoms with E-state index in [0.29, 0.717) is 33.8 Å². The zero-order valence-electron chi connectivity index (χ0n) is 15.4. The number of carbonyl (C=O) groups excluding carboxylic acids is 1. The second kappa shape index (κ2) is 7.22. The maximum Gasteiger partial charge on any atom is 0.267 e. The zero-order valence-corrected chi connectivity index (χ0v) is 18.7. The molecule has 1 unspecified atom stereocenters. The third-order valence-corrected chi connectivity index (χ3v) is 6.04. The number of nitrogens with zero attached hydrogens (tertiary/aromatic N) is 3. The zero-order chi connectivity index (χ0) is 20.1.